The zero-order valence-corrected chi connectivity index (χ0v) is 11.3. The highest BCUT2D eigenvalue weighted by Crippen LogP contribution is 2.18. The van der Waals surface area contributed by atoms with Crippen molar-refractivity contribution in [2.75, 3.05) is 13.2 Å². The number of hydrogen-bond acceptors (Lipinski definition) is 5. The molecule has 2 rings (SSSR count). The summed E-state index contributed by atoms with van der Waals surface area (Å²) in [6, 6.07) is 0.0638. The van der Waals surface area contributed by atoms with Gasteiger partial charge in [-0.15, -0.1) is 5.10 Å². The van der Waals surface area contributed by atoms with E-state index >= 15 is 0 Å². The highest BCUT2D eigenvalue weighted by molar-refractivity contribution is 5.84. The lowest BCUT2D eigenvalue weighted by Crippen LogP contribution is -2.41. The highest BCUT2D eigenvalue weighted by Gasteiger charge is 2.22. The van der Waals surface area contributed by atoms with Gasteiger partial charge in [-0.3, -0.25) is 4.79 Å². The number of nitrogens with one attached hydrogen (secondary N) is 1. The number of carbonyl (C=O) groups excluding carboxylic acids is 1. The van der Waals surface area contributed by atoms with Crippen molar-refractivity contribution in [2.24, 2.45) is 5.92 Å². The number of carboxylic acid groups (broad SMARTS) is 1. The number of hydrogen-bond donors (Lipinski definition) is 2. The molecule has 110 valence electrons. The Balaban J connectivity index is 1.83. The minimum absolute atomic E-state index is 0.0339. The molecule has 1 aromatic rings. The number of ether oxygens (including phenoxy) is 1. The van der Waals surface area contributed by atoms with Crippen LogP contribution in [-0.2, 0) is 16.1 Å². The van der Waals surface area contributed by atoms with E-state index in [0.29, 0.717) is 5.92 Å². The third-order valence-electron chi connectivity index (χ3n) is 3.43. The number of carbonyl (C=O) groups is 2. The van der Waals surface area contributed by atoms with Crippen LogP contribution in [0, 0.1) is 5.92 Å². The SMILES string of the molecule is CC(NC(=O)Cn1cc(C(=O)O)nn1)C1CCOCC1. The molecule has 1 amide bonds. The summed E-state index contributed by atoms with van der Waals surface area (Å²) >= 11 is 0. The van der Waals surface area contributed by atoms with Crippen LogP contribution in [0.25, 0.3) is 0 Å². The van der Waals surface area contributed by atoms with E-state index in [-0.39, 0.29) is 24.2 Å². The molecule has 0 bridgehead atoms. The summed E-state index contributed by atoms with van der Waals surface area (Å²) in [5.41, 5.74) is -0.171. The molecule has 1 aromatic heterocycles. The Bertz CT molecular complexity index is 482. The van der Waals surface area contributed by atoms with Crippen LogP contribution in [0.15, 0.2) is 6.20 Å². The van der Waals surface area contributed by atoms with Gasteiger partial charge in [0.2, 0.25) is 5.91 Å². The molecule has 2 heterocycles. The van der Waals surface area contributed by atoms with Crippen LogP contribution in [0.1, 0.15) is 30.3 Å². The molecule has 1 aliphatic rings. The first-order chi connectivity index (χ1) is 9.56. The minimum Gasteiger partial charge on any atom is -0.476 e. The maximum Gasteiger partial charge on any atom is 0.358 e. The molecule has 1 saturated heterocycles. The maximum atomic E-state index is 11.9. The molecule has 8 heteroatoms. The van der Waals surface area contributed by atoms with Gasteiger partial charge in [-0.25, -0.2) is 9.48 Å². The van der Waals surface area contributed by atoms with Crippen molar-refractivity contribution in [2.45, 2.75) is 32.4 Å². The second-order valence-corrected chi connectivity index (χ2v) is 4.91. The number of amides is 1. The molecular weight excluding hydrogens is 264 g/mol. The van der Waals surface area contributed by atoms with Crippen molar-refractivity contribution in [1.82, 2.24) is 20.3 Å². The second kappa shape index (κ2) is 6.47. The van der Waals surface area contributed by atoms with E-state index in [1.807, 2.05) is 6.92 Å². The van der Waals surface area contributed by atoms with E-state index in [1.54, 1.807) is 0 Å². The van der Waals surface area contributed by atoms with Gasteiger partial charge in [0.15, 0.2) is 5.69 Å². The summed E-state index contributed by atoms with van der Waals surface area (Å²) in [5.74, 6) is -0.948. The molecule has 2 N–H and O–H groups in total. The number of aromatic nitrogens is 3. The Hall–Kier alpha value is -1.96. The van der Waals surface area contributed by atoms with Gasteiger partial charge in [0.1, 0.15) is 6.54 Å². The van der Waals surface area contributed by atoms with Crippen LogP contribution in [-0.4, -0.2) is 51.2 Å². The molecule has 1 fully saturated rings. The van der Waals surface area contributed by atoms with Crippen LogP contribution in [0.3, 0.4) is 0 Å². The van der Waals surface area contributed by atoms with Crippen LogP contribution < -0.4 is 5.32 Å². The molecule has 8 nitrogen and oxygen atoms in total. The van der Waals surface area contributed by atoms with Crippen molar-refractivity contribution in [1.29, 1.82) is 0 Å². The van der Waals surface area contributed by atoms with E-state index in [2.05, 4.69) is 15.6 Å². The molecular formula is C12H18N4O4. The molecule has 0 radical (unpaired) electrons. The van der Waals surface area contributed by atoms with Crippen molar-refractivity contribution in [3.05, 3.63) is 11.9 Å². The van der Waals surface area contributed by atoms with Crippen LogP contribution >= 0.6 is 0 Å². The first-order valence-corrected chi connectivity index (χ1v) is 6.57. The number of aromatic carboxylic acids is 1. The Morgan fingerprint density at radius 3 is 2.85 bits per heavy atom. The lowest BCUT2D eigenvalue weighted by atomic mass is 9.93. The van der Waals surface area contributed by atoms with Crippen molar-refractivity contribution in [3.63, 3.8) is 0 Å². The van der Waals surface area contributed by atoms with E-state index in [1.165, 1.54) is 10.9 Å². The van der Waals surface area contributed by atoms with E-state index in [0.717, 1.165) is 26.1 Å². The lowest BCUT2D eigenvalue weighted by Gasteiger charge is -2.28. The Morgan fingerprint density at radius 1 is 1.55 bits per heavy atom. The zero-order chi connectivity index (χ0) is 14.5. The van der Waals surface area contributed by atoms with Crippen LogP contribution in [0.5, 0.6) is 0 Å². The fraction of sp³-hybridized carbons (Fsp3) is 0.667. The molecule has 0 spiro atoms. The summed E-state index contributed by atoms with van der Waals surface area (Å²) in [5, 5.41) is 18.7. The van der Waals surface area contributed by atoms with Crippen LogP contribution in [0.4, 0.5) is 0 Å². The molecule has 1 aliphatic heterocycles. The summed E-state index contributed by atoms with van der Waals surface area (Å²) < 4.78 is 6.50. The summed E-state index contributed by atoms with van der Waals surface area (Å²) in [6.45, 7) is 3.40. The molecule has 0 aromatic carbocycles. The van der Waals surface area contributed by atoms with E-state index in [9.17, 15) is 9.59 Å². The fourth-order valence-electron chi connectivity index (χ4n) is 2.25. The summed E-state index contributed by atoms with van der Waals surface area (Å²) in [4.78, 5) is 22.5. The quantitative estimate of drug-likeness (QED) is 0.781. The molecule has 0 aliphatic carbocycles. The van der Waals surface area contributed by atoms with Gasteiger partial charge in [0.05, 0.1) is 6.20 Å². The highest BCUT2D eigenvalue weighted by atomic mass is 16.5. The largest absolute Gasteiger partial charge is 0.476 e. The zero-order valence-electron chi connectivity index (χ0n) is 11.3. The van der Waals surface area contributed by atoms with Gasteiger partial charge < -0.3 is 15.2 Å². The normalized spacial score (nSPS) is 17.6. The first-order valence-electron chi connectivity index (χ1n) is 6.57. The van der Waals surface area contributed by atoms with Gasteiger partial charge in [-0.1, -0.05) is 5.21 Å². The van der Waals surface area contributed by atoms with Gasteiger partial charge in [-0.2, -0.15) is 0 Å². The number of carboxylic acids is 1. The van der Waals surface area contributed by atoms with E-state index in [4.69, 9.17) is 9.84 Å². The van der Waals surface area contributed by atoms with Crippen molar-refractivity contribution < 1.29 is 19.4 Å². The third-order valence-corrected chi connectivity index (χ3v) is 3.43. The van der Waals surface area contributed by atoms with Gasteiger partial charge >= 0.3 is 5.97 Å². The number of nitrogens with zero attached hydrogens (tertiary/aromatic N) is 3. The lowest BCUT2D eigenvalue weighted by molar-refractivity contribution is -0.123. The van der Waals surface area contributed by atoms with E-state index < -0.39 is 5.97 Å². The smallest absolute Gasteiger partial charge is 0.358 e. The average molecular weight is 282 g/mol. The first kappa shape index (κ1) is 14.4. The topological polar surface area (TPSA) is 106 Å². The summed E-state index contributed by atoms with van der Waals surface area (Å²) in [7, 11) is 0. The predicted octanol–water partition coefficient (Wildman–Crippen LogP) is -0.0924. The van der Waals surface area contributed by atoms with Crippen molar-refractivity contribution in [3.8, 4) is 0 Å². The van der Waals surface area contributed by atoms with Crippen molar-refractivity contribution >= 4 is 11.9 Å². The molecule has 1 atom stereocenters. The third kappa shape index (κ3) is 3.77. The fourth-order valence-corrected chi connectivity index (χ4v) is 2.25. The molecule has 0 saturated carbocycles. The minimum atomic E-state index is -1.16. The number of rotatable bonds is 5. The summed E-state index contributed by atoms with van der Waals surface area (Å²) in [6.07, 6.45) is 3.11. The van der Waals surface area contributed by atoms with Gasteiger partial charge in [0, 0.05) is 19.3 Å². The molecule has 1 unspecified atom stereocenters. The Labute approximate surface area is 116 Å². The molecule has 20 heavy (non-hydrogen) atoms. The Morgan fingerprint density at radius 2 is 2.25 bits per heavy atom. The van der Waals surface area contributed by atoms with Gasteiger partial charge in [-0.05, 0) is 25.7 Å². The standard InChI is InChI=1S/C12H18N4O4/c1-8(9-2-4-20-5-3-9)13-11(17)7-16-6-10(12(18)19)14-15-16/h6,8-9H,2-5,7H2,1H3,(H,13,17)(H,18,19). The monoisotopic (exact) mass is 282 g/mol. The Kier molecular flexibility index (Phi) is 4.67. The predicted molar refractivity (Wildman–Crippen MR) is 68.1 cm³/mol. The second-order valence-electron chi connectivity index (χ2n) is 4.91. The average Bonchev–Trinajstić information content (AvgIpc) is 2.88. The maximum absolute atomic E-state index is 11.9. The van der Waals surface area contributed by atoms with Crippen LogP contribution in [0.2, 0.25) is 0 Å². The van der Waals surface area contributed by atoms with Gasteiger partial charge in [0.25, 0.3) is 0 Å².